The molecular weight excluding hydrogens is 784 g/mol. The Bertz CT molecular complexity index is 2270. The van der Waals surface area contributed by atoms with Gasteiger partial charge in [0, 0.05) is 56.8 Å². The maximum Gasteiger partial charge on any atom is 0.332 e. The molecule has 6 rings (SSSR count). The number of unbranched alkanes of at least 4 members (excludes halogenated alkanes) is 3. The van der Waals surface area contributed by atoms with Crippen molar-refractivity contribution in [2.75, 3.05) is 80.0 Å². The lowest BCUT2D eigenvalue weighted by molar-refractivity contribution is -0.121. The molecule has 1 aliphatic heterocycles. The Balaban J connectivity index is 0.808. The van der Waals surface area contributed by atoms with Crippen molar-refractivity contribution in [3.05, 3.63) is 109 Å². The zero-order valence-electron chi connectivity index (χ0n) is 32.5. The number of anilines is 5. The molecule has 2 aromatic carbocycles. The number of para-hydroxylation sites is 1. The molecular formula is C40H47ClN10O6S. The average Bonchev–Trinajstić information content (AvgIpc) is 3.67. The second-order valence-electron chi connectivity index (χ2n) is 13.7. The first-order valence-electron chi connectivity index (χ1n) is 19.1. The van der Waals surface area contributed by atoms with Crippen LogP contribution in [0.1, 0.15) is 46.7 Å². The highest BCUT2D eigenvalue weighted by Gasteiger charge is 2.20. The molecule has 0 atom stereocenters. The average molecular weight is 831 g/mol. The second-order valence-corrected chi connectivity index (χ2v) is 15.1. The molecule has 0 aliphatic carbocycles. The Morgan fingerprint density at radius 3 is 2.50 bits per heavy atom. The second kappa shape index (κ2) is 20.8. The van der Waals surface area contributed by atoms with Crippen LogP contribution < -0.4 is 32.1 Å². The van der Waals surface area contributed by atoms with Crippen LogP contribution in [0.3, 0.4) is 0 Å². The lowest BCUT2D eigenvalue weighted by atomic mass is 10.2. The first kappa shape index (κ1) is 42.2. The van der Waals surface area contributed by atoms with E-state index in [1.165, 1.54) is 34.4 Å². The van der Waals surface area contributed by atoms with Gasteiger partial charge in [0.1, 0.15) is 28.9 Å². The fraction of sp³-hybridized carbons (Fsp3) is 0.375. The van der Waals surface area contributed by atoms with E-state index in [9.17, 15) is 19.2 Å². The summed E-state index contributed by atoms with van der Waals surface area (Å²) in [7, 11) is 0. The van der Waals surface area contributed by atoms with Crippen molar-refractivity contribution < 1.29 is 19.1 Å². The molecule has 4 heterocycles. The number of halogens is 1. The number of nitrogens with one attached hydrogen (secondary N) is 4. The first-order chi connectivity index (χ1) is 28.1. The third kappa shape index (κ3) is 12.3. The van der Waals surface area contributed by atoms with Gasteiger partial charge in [0.05, 0.1) is 35.8 Å². The molecule has 3 aromatic heterocycles. The van der Waals surface area contributed by atoms with Crippen molar-refractivity contribution in [3.8, 4) is 5.69 Å². The molecule has 2 amide bonds. The molecule has 16 nitrogen and oxygen atoms in total. The van der Waals surface area contributed by atoms with Crippen molar-refractivity contribution in [1.82, 2.24) is 29.4 Å². The standard InChI is InChI=1S/C40H47ClN10O6S/c1-27-9-7-12-31(41)37(27)48-38(54)32-25-42-39(58-32)46-33-24-34(44-28(2)43-33)50-18-16-49(17-19-50)14-5-3-4-6-20-56-21-22-57-26-36(53)45-29-10-8-11-30(23-29)51-15-13-35(52)47-40(51)55/h7-13,15,23-25H,3-6,14,16-22,26H2,1-2H3,(H,45,53)(H,48,54)(H,47,52,55)(H,42,43,44,46). The van der Waals surface area contributed by atoms with E-state index in [2.05, 4.69) is 40.7 Å². The van der Waals surface area contributed by atoms with Crippen LogP contribution in [0.2, 0.25) is 5.02 Å². The molecule has 0 spiro atoms. The van der Waals surface area contributed by atoms with Crippen LogP contribution in [0.5, 0.6) is 0 Å². The van der Waals surface area contributed by atoms with Crippen LogP contribution in [-0.4, -0.2) is 100 Å². The van der Waals surface area contributed by atoms with Crippen molar-refractivity contribution in [2.45, 2.75) is 39.5 Å². The monoisotopic (exact) mass is 830 g/mol. The van der Waals surface area contributed by atoms with E-state index in [0.717, 1.165) is 69.8 Å². The minimum Gasteiger partial charge on any atom is -0.379 e. The summed E-state index contributed by atoms with van der Waals surface area (Å²) < 4.78 is 12.4. The minimum atomic E-state index is -0.564. The third-order valence-corrected chi connectivity index (χ3v) is 10.5. The maximum absolute atomic E-state index is 12.9. The molecule has 1 fully saturated rings. The number of benzene rings is 2. The van der Waals surface area contributed by atoms with E-state index < -0.39 is 11.2 Å². The molecule has 0 bridgehead atoms. The Morgan fingerprint density at radius 2 is 1.69 bits per heavy atom. The van der Waals surface area contributed by atoms with Crippen LogP contribution in [0.15, 0.2) is 76.6 Å². The van der Waals surface area contributed by atoms with Gasteiger partial charge in [0.25, 0.3) is 11.5 Å². The number of rotatable bonds is 19. The topological polar surface area (TPSA) is 189 Å². The predicted molar refractivity (Wildman–Crippen MR) is 226 cm³/mol. The summed E-state index contributed by atoms with van der Waals surface area (Å²) in [5, 5.41) is 9.92. The molecule has 1 saturated heterocycles. The highest BCUT2D eigenvalue weighted by Crippen LogP contribution is 2.28. The molecule has 58 heavy (non-hydrogen) atoms. The van der Waals surface area contributed by atoms with Crippen LogP contribution in [0.4, 0.5) is 28.1 Å². The van der Waals surface area contributed by atoms with Gasteiger partial charge < -0.3 is 30.3 Å². The molecule has 4 N–H and O–H groups in total. The number of aromatic amines is 1. The van der Waals surface area contributed by atoms with Gasteiger partial charge in [-0.2, -0.15) is 0 Å². The van der Waals surface area contributed by atoms with Crippen molar-refractivity contribution in [3.63, 3.8) is 0 Å². The van der Waals surface area contributed by atoms with Crippen molar-refractivity contribution in [2.24, 2.45) is 0 Å². The summed E-state index contributed by atoms with van der Waals surface area (Å²) in [6.07, 6.45) is 7.20. The number of H-pyrrole nitrogens is 1. The number of amides is 2. The third-order valence-electron chi connectivity index (χ3n) is 9.30. The molecule has 306 valence electrons. The van der Waals surface area contributed by atoms with Gasteiger partial charge in [-0.1, -0.05) is 54.0 Å². The number of thiazole rings is 1. The SMILES string of the molecule is Cc1nc(Nc2ncc(C(=O)Nc3c(C)cccc3Cl)s2)cc(N2CCN(CCCCCCOCCOCC(=O)Nc3cccc(-n4ccc(=O)[nH]c4=O)c3)CC2)n1. The van der Waals surface area contributed by atoms with Crippen LogP contribution in [-0.2, 0) is 14.3 Å². The van der Waals surface area contributed by atoms with Gasteiger partial charge in [-0.15, -0.1) is 0 Å². The number of ether oxygens (including phenoxy) is 2. The number of piperazine rings is 1. The van der Waals surface area contributed by atoms with Crippen LogP contribution >= 0.6 is 22.9 Å². The van der Waals surface area contributed by atoms with E-state index in [-0.39, 0.29) is 18.4 Å². The van der Waals surface area contributed by atoms with E-state index in [4.69, 9.17) is 26.1 Å². The zero-order valence-corrected chi connectivity index (χ0v) is 34.0. The van der Waals surface area contributed by atoms with Crippen LogP contribution in [0.25, 0.3) is 5.69 Å². The fourth-order valence-corrected chi connectivity index (χ4v) is 7.31. The number of hydrogen-bond acceptors (Lipinski definition) is 13. The summed E-state index contributed by atoms with van der Waals surface area (Å²) >= 11 is 7.52. The molecule has 1 aliphatic rings. The summed E-state index contributed by atoms with van der Waals surface area (Å²) in [5.41, 5.74) is 1.43. The summed E-state index contributed by atoms with van der Waals surface area (Å²) in [5.74, 6) is 1.53. The molecule has 0 saturated carbocycles. The Kier molecular flexibility index (Phi) is 15.1. The summed E-state index contributed by atoms with van der Waals surface area (Å²) in [6.45, 7) is 9.67. The Labute approximate surface area is 344 Å². The number of carbonyl (C=O) groups excluding carboxylic acids is 2. The highest BCUT2D eigenvalue weighted by molar-refractivity contribution is 7.17. The minimum absolute atomic E-state index is 0.124. The highest BCUT2D eigenvalue weighted by atomic mass is 35.5. The lowest BCUT2D eigenvalue weighted by Crippen LogP contribution is -2.47. The number of aromatic nitrogens is 5. The van der Waals surface area contributed by atoms with Crippen molar-refractivity contribution in [1.29, 1.82) is 0 Å². The normalized spacial score (nSPS) is 13.1. The van der Waals surface area contributed by atoms with E-state index in [1.807, 2.05) is 32.0 Å². The molecule has 0 radical (unpaired) electrons. The lowest BCUT2D eigenvalue weighted by Gasteiger charge is -2.35. The smallest absolute Gasteiger partial charge is 0.332 e. The van der Waals surface area contributed by atoms with Gasteiger partial charge in [0.15, 0.2) is 5.13 Å². The molecule has 18 heteroatoms. The van der Waals surface area contributed by atoms with Gasteiger partial charge in [-0.25, -0.2) is 19.7 Å². The van der Waals surface area contributed by atoms with Gasteiger partial charge in [0.2, 0.25) is 5.91 Å². The van der Waals surface area contributed by atoms with E-state index >= 15 is 0 Å². The number of nitrogens with zero attached hydrogens (tertiary/aromatic N) is 6. The largest absolute Gasteiger partial charge is 0.379 e. The molecule has 0 unspecified atom stereocenters. The van der Waals surface area contributed by atoms with Gasteiger partial charge in [-0.05, 0) is 63.1 Å². The summed E-state index contributed by atoms with van der Waals surface area (Å²) in [4.78, 5) is 69.7. The predicted octanol–water partition coefficient (Wildman–Crippen LogP) is 5.39. The van der Waals surface area contributed by atoms with Gasteiger partial charge in [-0.3, -0.25) is 28.8 Å². The van der Waals surface area contributed by atoms with Crippen molar-refractivity contribution >= 4 is 62.9 Å². The Hall–Kier alpha value is -5.46. The number of hydrogen-bond donors (Lipinski definition) is 4. The van der Waals surface area contributed by atoms with E-state index in [1.54, 1.807) is 30.3 Å². The molecule has 5 aromatic rings. The zero-order chi connectivity index (χ0) is 40.9. The Morgan fingerprint density at radius 1 is 0.897 bits per heavy atom. The number of aryl methyl sites for hydroxylation is 2. The summed E-state index contributed by atoms with van der Waals surface area (Å²) in [6, 6.07) is 15.4. The fourth-order valence-electron chi connectivity index (χ4n) is 6.32. The number of carbonyl (C=O) groups is 2. The quantitative estimate of drug-likeness (QED) is 0.0778. The first-order valence-corrected chi connectivity index (χ1v) is 20.3. The van der Waals surface area contributed by atoms with Gasteiger partial charge >= 0.3 is 5.69 Å². The maximum atomic E-state index is 12.9. The van der Waals surface area contributed by atoms with Crippen LogP contribution in [0, 0.1) is 13.8 Å². The van der Waals surface area contributed by atoms with E-state index in [0.29, 0.717) is 63.6 Å².